The second kappa shape index (κ2) is 8.50. The first kappa shape index (κ1) is 17.3. The summed E-state index contributed by atoms with van der Waals surface area (Å²) in [6, 6.07) is 8.65. The molecule has 6 nitrogen and oxygen atoms in total. The molecule has 0 bridgehead atoms. The van der Waals surface area contributed by atoms with E-state index in [1.54, 1.807) is 6.20 Å². The van der Waals surface area contributed by atoms with Crippen molar-refractivity contribution in [3.63, 3.8) is 0 Å². The predicted octanol–water partition coefficient (Wildman–Crippen LogP) is 1.81. The number of halogens is 1. The van der Waals surface area contributed by atoms with E-state index >= 15 is 0 Å². The number of hydrogen-bond donors (Lipinski definition) is 1. The topological polar surface area (TPSA) is 48.7 Å². The van der Waals surface area contributed by atoms with Gasteiger partial charge in [-0.05, 0) is 36.8 Å². The summed E-state index contributed by atoms with van der Waals surface area (Å²) < 4.78 is 15.0. The predicted molar refractivity (Wildman–Crippen MR) is 98.4 cm³/mol. The molecule has 0 radical (unpaired) electrons. The van der Waals surface area contributed by atoms with Crippen molar-refractivity contribution in [1.82, 2.24) is 20.0 Å². The standard InChI is InChI=1S/C18H25FN6/c1-20-18(21-8-2-10-25-11-3-9-22-25)24-14-12-23(13-15-24)17-6-4-16(19)5-7-17/h3-7,9,11H,2,8,10,12-15H2,1H3,(H,20,21). The first-order valence-electron chi connectivity index (χ1n) is 8.70. The van der Waals surface area contributed by atoms with Gasteiger partial charge in [-0.3, -0.25) is 9.67 Å². The van der Waals surface area contributed by atoms with E-state index in [1.165, 1.54) is 12.1 Å². The Balaban J connectivity index is 1.43. The zero-order valence-electron chi connectivity index (χ0n) is 14.6. The summed E-state index contributed by atoms with van der Waals surface area (Å²) in [7, 11) is 1.82. The fraction of sp³-hybridized carbons (Fsp3) is 0.444. The highest BCUT2D eigenvalue weighted by atomic mass is 19.1. The number of rotatable bonds is 5. The molecule has 0 atom stereocenters. The number of anilines is 1. The van der Waals surface area contributed by atoms with E-state index in [0.717, 1.165) is 57.3 Å². The zero-order chi connectivity index (χ0) is 17.5. The molecule has 1 aliphatic heterocycles. The Morgan fingerprint density at radius 1 is 1.20 bits per heavy atom. The second-order valence-corrected chi connectivity index (χ2v) is 6.05. The van der Waals surface area contributed by atoms with Crippen LogP contribution in [-0.4, -0.2) is 60.4 Å². The van der Waals surface area contributed by atoms with Gasteiger partial charge in [0.25, 0.3) is 0 Å². The monoisotopic (exact) mass is 344 g/mol. The largest absolute Gasteiger partial charge is 0.368 e. The Morgan fingerprint density at radius 3 is 2.60 bits per heavy atom. The van der Waals surface area contributed by atoms with Gasteiger partial charge in [0, 0.05) is 64.4 Å². The van der Waals surface area contributed by atoms with Crippen molar-refractivity contribution in [2.24, 2.45) is 4.99 Å². The lowest BCUT2D eigenvalue weighted by atomic mass is 10.2. The maximum atomic E-state index is 13.0. The first-order chi connectivity index (χ1) is 12.3. The molecule has 2 heterocycles. The highest BCUT2D eigenvalue weighted by Gasteiger charge is 2.19. The van der Waals surface area contributed by atoms with Crippen LogP contribution in [0.3, 0.4) is 0 Å². The Morgan fingerprint density at radius 2 is 1.96 bits per heavy atom. The lowest BCUT2D eigenvalue weighted by Crippen LogP contribution is -2.52. The average Bonchev–Trinajstić information content (AvgIpc) is 3.16. The third-order valence-electron chi connectivity index (χ3n) is 4.39. The van der Waals surface area contributed by atoms with Crippen molar-refractivity contribution in [2.75, 3.05) is 44.7 Å². The molecule has 7 heteroatoms. The molecule has 0 spiro atoms. The minimum Gasteiger partial charge on any atom is -0.368 e. The van der Waals surface area contributed by atoms with Gasteiger partial charge in [-0.2, -0.15) is 5.10 Å². The molecule has 0 aliphatic carbocycles. The Labute approximate surface area is 148 Å². The van der Waals surface area contributed by atoms with Crippen molar-refractivity contribution >= 4 is 11.6 Å². The van der Waals surface area contributed by atoms with E-state index in [-0.39, 0.29) is 5.82 Å². The summed E-state index contributed by atoms with van der Waals surface area (Å²) in [5.41, 5.74) is 1.07. The molecule has 1 fully saturated rings. The molecule has 2 aromatic rings. The van der Waals surface area contributed by atoms with Crippen LogP contribution in [-0.2, 0) is 6.54 Å². The van der Waals surface area contributed by atoms with Gasteiger partial charge in [-0.15, -0.1) is 0 Å². The summed E-state index contributed by atoms with van der Waals surface area (Å²) in [5.74, 6) is 0.751. The zero-order valence-corrected chi connectivity index (χ0v) is 14.6. The fourth-order valence-corrected chi connectivity index (χ4v) is 3.03. The average molecular weight is 344 g/mol. The van der Waals surface area contributed by atoms with Gasteiger partial charge in [0.15, 0.2) is 5.96 Å². The normalized spacial score (nSPS) is 15.5. The van der Waals surface area contributed by atoms with E-state index in [2.05, 4.69) is 25.2 Å². The molecule has 1 aromatic carbocycles. The van der Waals surface area contributed by atoms with Gasteiger partial charge < -0.3 is 15.1 Å². The van der Waals surface area contributed by atoms with Crippen LogP contribution in [0.4, 0.5) is 10.1 Å². The molecular formula is C18H25FN6. The fourth-order valence-electron chi connectivity index (χ4n) is 3.03. The maximum absolute atomic E-state index is 13.0. The van der Waals surface area contributed by atoms with E-state index in [0.29, 0.717) is 0 Å². The second-order valence-electron chi connectivity index (χ2n) is 6.05. The Hall–Kier alpha value is -2.57. The molecule has 3 rings (SSSR count). The highest BCUT2D eigenvalue weighted by Crippen LogP contribution is 2.16. The first-order valence-corrected chi connectivity index (χ1v) is 8.70. The third kappa shape index (κ3) is 4.71. The Bertz CT molecular complexity index is 659. The van der Waals surface area contributed by atoms with E-state index in [9.17, 15) is 4.39 Å². The summed E-state index contributed by atoms with van der Waals surface area (Å²) >= 11 is 0. The molecule has 0 saturated carbocycles. The van der Waals surface area contributed by atoms with E-state index in [4.69, 9.17) is 0 Å². The van der Waals surface area contributed by atoms with Crippen molar-refractivity contribution in [3.05, 3.63) is 48.5 Å². The van der Waals surface area contributed by atoms with Crippen molar-refractivity contribution in [1.29, 1.82) is 0 Å². The third-order valence-corrected chi connectivity index (χ3v) is 4.39. The molecule has 134 valence electrons. The van der Waals surface area contributed by atoms with Gasteiger partial charge in [0.1, 0.15) is 5.82 Å². The van der Waals surface area contributed by atoms with Gasteiger partial charge in [-0.1, -0.05) is 0 Å². The molecule has 1 aliphatic rings. The highest BCUT2D eigenvalue weighted by molar-refractivity contribution is 5.80. The van der Waals surface area contributed by atoms with Crippen LogP contribution in [0.25, 0.3) is 0 Å². The smallest absolute Gasteiger partial charge is 0.193 e. The summed E-state index contributed by atoms with van der Waals surface area (Å²) in [4.78, 5) is 8.95. The van der Waals surface area contributed by atoms with Crippen molar-refractivity contribution in [2.45, 2.75) is 13.0 Å². The number of guanidine groups is 1. The van der Waals surface area contributed by atoms with E-state index < -0.39 is 0 Å². The van der Waals surface area contributed by atoms with Gasteiger partial charge in [0.2, 0.25) is 0 Å². The number of benzene rings is 1. The molecule has 25 heavy (non-hydrogen) atoms. The number of aromatic nitrogens is 2. The number of hydrogen-bond acceptors (Lipinski definition) is 3. The van der Waals surface area contributed by atoms with Crippen LogP contribution >= 0.6 is 0 Å². The van der Waals surface area contributed by atoms with Gasteiger partial charge in [0.05, 0.1) is 0 Å². The number of aryl methyl sites for hydroxylation is 1. The van der Waals surface area contributed by atoms with Crippen LogP contribution in [0.1, 0.15) is 6.42 Å². The molecule has 0 amide bonds. The number of nitrogens with one attached hydrogen (secondary N) is 1. The lowest BCUT2D eigenvalue weighted by molar-refractivity contribution is 0.371. The molecule has 0 unspecified atom stereocenters. The molecule has 1 saturated heterocycles. The molecular weight excluding hydrogens is 319 g/mol. The molecule has 1 N–H and O–H groups in total. The lowest BCUT2D eigenvalue weighted by Gasteiger charge is -2.37. The van der Waals surface area contributed by atoms with Crippen LogP contribution in [0.2, 0.25) is 0 Å². The Kier molecular flexibility index (Phi) is 5.87. The summed E-state index contributed by atoms with van der Waals surface area (Å²) in [6.07, 6.45) is 4.77. The van der Waals surface area contributed by atoms with Gasteiger partial charge in [-0.25, -0.2) is 4.39 Å². The maximum Gasteiger partial charge on any atom is 0.193 e. The summed E-state index contributed by atoms with van der Waals surface area (Å²) in [5, 5.41) is 7.64. The van der Waals surface area contributed by atoms with Crippen LogP contribution in [0.5, 0.6) is 0 Å². The van der Waals surface area contributed by atoms with E-state index in [1.807, 2.05) is 36.1 Å². The minimum atomic E-state index is -0.192. The van der Waals surface area contributed by atoms with Crippen LogP contribution in [0.15, 0.2) is 47.7 Å². The SMILES string of the molecule is CN=C(NCCCn1cccn1)N1CCN(c2ccc(F)cc2)CC1. The molecule has 1 aromatic heterocycles. The van der Waals surface area contributed by atoms with Crippen LogP contribution in [0, 0.1) is 5.82 Å². The number of piperazine rings is 1. The minimum absolute atomic E-state index is 0.192. The number of nitrogens with zero attached hydrogens (tertiary/aromatic N) is 5. The summed E-state index contributed by atoms with van der Waals surface area (Å²) in [6.45, 7) is 5.37. The van der Waals surface area contributed by atoms with Crippen molar-refractivity contribution < 1.29 is 4.39 Å². The quantitative estimate of drug-likeness (QED) is 0.511. The van der Waals surface area contributed by atoms with Crippen LogP contribution < -0.4 is 10.2 Å². The van der Waals surface area contributed by atoms with Crippen molar-refractivity contribution in [3.8, 4) is 0 Å². The number of aliphatic imine (C=N–C) groups is 1. The van der Waals surface area contributed by atoms with Gasteiger partial charge >= 0.3 is 0 Å².